The minimum Gasteiger partial charge on any atom is -0.390 e. The Morgan fingerprint density at radius 3 is 2.53 bits per heavy atom. The van der Waals surface area contributed by atoms with Crippen LogP contribution in [0.2, 0.25) is 0 Å². The standard InChI is InChI=1S/C11H9F5N2S.C8H13N5O2/c1-18-7-4-5(12)3-6(13)8(7)17-10(18)9(19-2)11(14,15)16;9-7(15)12-5-1-10-8(11-2-5)13-3-6(14)4-13/h3-4,9H,1-2H3;1-2,6,8,10,14H,3-4H2,(H3,9,12,15). The zero-order valence-electron chi connectivity index (χ0n) is 18.0. The monoisotopic (exact) mass is 507 g/mol. The third kappa shape index (κ3) is 5.77. The van der Waals surface area contributed by atoms with Gasteiger partial charge in [0.15, 0.2) is 17.4 Å². The zero-order valence-corrected chi connectivity index (χ0v) is 18.8. The van der Waals surface area contributed by atoms with Crippen LogP contribution in [-0.4, -0.2) is 69.7 Å². The van der Waals surface area contributed by atoms with Crippen LogP contribution in [-0.2, 0) is 7.05 Å². The van der Waals surface area contributed by atoms with E-state index >= 15 is 0 Å². The number of aryl methyl sites for hydroxylation is 1. The number of amides is 2. The number of hydrogen-bond acceptors (Lipinski definition) is 7. The second-order valence-electron chi connectivity index (χ2n) is 7.46. The van der Waals surface area contributed by atoms with E-state index in [1.165, 1.54) is 19.5 Å². The Morgan fingerprint density at radius 1 is 1.35 bits per heavy atom. The first-order valence-electron chi connectivity index (χ1n) is 9.79. The number of allylic oxidation sites excluding steroid dienone is 1. The first kappa shape index (κ1) is 25.7. The fraction of sp³-hybridized carbons (Fsp3) is 0.421. The summed E-state index contributed by atoms with van der Waals surface area (Å²) < 4.78 is 66.2. The average molecular weight is 507 g/mol. The maximum absolute atomic E-state index is 13.5. The molecule has 2 unspecified atom stereocenters. The number of urea groups is 1. The highest BCUT2D eigenvalue weighted by Crippen LogP contribution is 2.42. The summed E-state index contributed by atoms with van der Waals surface area (Å²) in [5, 5.41) is 12.6. The first-order chi connectivity index (χ1) is 15.9. The number of rotatable bonds is 4. The zero-order chi connectivity index (χ0) is 25.2. The van der Waals surface area contributed by atoms with Gasteiger partial charge in [0.1, 0.15) is 17.2 Å². The summed E-state index contributed by atoms with van der Waals surface area (Å²) in [4.78, 5) is 20.3. The number of likely N-dealkylation sites (tertiary alicyclic amines) is 1. The highest BCUT2D eigenvalue weighted by atomic mass is 32.2. The molecule has 15 heteroatoms. The highest BCUT2D eigenvalue weighted by molar-refractivity contribution is 7.98. The number of aromatic nitrogens is 2. The van der Waals surface area contributed by atoms with E-state index in [0.29, 0.717) is 36.6 Å². The molecule has 1 aromatic carbocycles. The van der Waals surface area contributed by atoms with E-state index < -0.39 is 29.1 Å². The number of aliphatic hydroxyl groups excluding tert-OH is 1. The topological polar surface area (TPSA) is 121 Å². The van der Waals surface area contributed by atoms with Crippen LogP contribution in [0.25, 0.3) is 11.0 Å². The van der Waals surface area contributed by atoms with Gasteiger partial charge in [0, 0.05) is 32.4 Å². The minimum absolute atomic E-state index is 0.00389. The number of thioether (sulfide) groups is 1. The summed E-state index contributed by atoms with van der Waals surface area (Å²) in [5.41, 5.74) is 5.21. The van der Waals surface area contributed by atoms with Gasteiger partial charge in [-0.25, -0.2) is 18.6 Å². The molecular weight excluding hydrogens is 485 g/mol. The van der Waals surface area contributed by atoms with Crippen molar-refractivity contribution in [2.24, 2.45) is 17.8 Å². The molecule has 4 rings (SSSR count). The van der Waals surface area contributed by atoms with Crippen LogP contribution in [0.15, 0.2) is 29.0 Å². The number of aliphatic hydroxyl groups is 1. The fourth-order valence-electron chi connectivity index (χ4n) is 3.35. The second kappa shape index (κ2) is 10.1. The Morgan fingerprint density at radius 2 is 2.03 bits per heavy atom. The number of nitrogens with one attached hydrogen (secondary N) is 2. The van der Waals surface area contributed by atoms with Crippen molar-refractivity contribution in [3.05, 3.63) is 41.5 Å². The predicted molar refractivity (Wildman–Crippen MR) is 117 cm³/mol. The molecular formula is C19H22F5N7O2S. The van der Waals surface area contributed by atoms with Gasteiger partial charge in [-0.1, -0.05) is 0 Å². The number of nitrogens with zero attached hydrogens (tertiary/aromatic N) is 4. The van der Waals surface area contributed by atoms with Crippen LogP contribution in [0, 0.1) is 11.6 Å². The summed E-state index contributed by atoms with van der Waals surface area (Å²) >= 11 is 0.545. The van der Waals surface area contributed by atoms with Crippen molar-refractivity contribution in [3.63, 3.8) is 0 Å². The van der Waals surface area contributed by atoms with E-state index in [9.17, 15) is 26.7 Å². The number of fused-ring (bicyclic) bond motifs is 1. The Bertz CT molecular complexity index is 1110. The van der Waals surface area contributed by atoms with Gasteiger partial charge in [-0.3, -0.25) is 9.89 Å². The normalized spacial score (nSPS) is 19.5. The smallest absolute Gasteiger partial charge is 0.390 e. The van der Waals surface area contributed by atoms with Crippen molar-refractivity contribution in [2.75, 3.05) is 19.3 Å². The van der Waals surface area contributed by atoms with Gasteiger partial charge in [-0.15, -0.1) is 11.8 Å². The molecule has 9 nitrogen and oxygen atoms in total. The number of nitrogens with two attached hydrogens (primary N) is 1. The number of β-amino-alcohol motifs (C(OH)–C–C–N with tert-alkyl or cyclic N) is 1. The number of hydrogen-bond donors (Lipinski definition) is 4. The van der Waals surface area contributed by atoms with Gasteiger partial charge < -0.3 is 26.0 Å². The number of aliphatic imine (C=N–C) groups is 1. The molecule has 0 saturated carbocycles. The Balaban J connectivity index is 0.000000196. The lowest BCUT2D eigenvalue weighted by molar-refractivity contribution is -0.131. The molecule has 0 aliphatic carbocycles. The number of alkyl halides is 3. The highest BCUT2D eigenvalue weighted by Gasteiger charge is 2.43. The number of carbonyl (C=O) groups is 1. The molecule has 0 radical (unpaired) electrons. The number of imidazole rings is 1. The summed E-state index contributed by atoms with van der Waals surface area (Å²) in [7, 11) is 1.30. The number of carbonyl (C=O) groups excluding carboxylic acids is 1. The van der Waals surface area contributed by atoms with E-state index in [0.717, 1.165) is 10.6 Å². The van der Waals surface area contributed by atoms with Crippen molar-refractivity contribution >= 4 is 35.0 Å². The predicted octanol–water partition coefficient (Wildman–Crippen LogP) is 1.95. The molecule has 1 saturated heterocycles. The molecule has 3 heterocycles. The van der Waals surface area contributed by atoms with E-state index in [2.05, 4.69) is 20.6 Å². The summed E-state index contributed by atoms with van der Waals surface area (Å²) in [5.74, 6) is -2.18. The molecule has 0 spiro atoms. The molecule has 34 heavy (non-hydrogen) atoms. The molecule has 2 amide bonds. The van der Waals surface area contributed by atoms with Gasteiger partial charge >= 0.3 is 12.2 Å². The van der Waals surface area contributed by atoms with Gasteiger partial charge in [-0.2, -0.15) is 13.2 Å². The quantitative estimate of drug-likeness (QED) is 0.470. The summed E-state index contributed by atoms with van der Waals surface area (Å²) in [6.07, 6.45) is -0.468. The Labute approximate surface area is 194 Å². The Hall–Kier alpha value is -2.91. The molecule has 186 valence electrons. The lowest BCUT2D eigenvalue weighted by Crippen LogP contribution is -2.59. The van der Waals surface area contributed by atoms with Crippen LogP contribution >= 0.6 is 11.8 Å². The van der Waals surface area contributed by atoms with Crippen LogP contribution in [0.3, 0.4) is 0 Å². The van der Waals surface area contributed by atoms with Gasteiger partial charge in [0.25, 0.3) is 0 Å². The van der Waals surface area contributed by atoms with Gasteiger partial charge in [0.2, 0.25) is 0 Å². The summed E-state index contributed by atoms with van der Waals surface area (Å²) in [6, 6.07) is 0.941. The SMILES string of the molecule is CSC(c1nc2c(F)cc(F)cc2n1C)C(F)(F)F.NC(=O)NC1=CNC(N2CC(O)C2)N=C1. The molecule has 1 aromatic heterocycles. The van der Waals surface area contributed by atoms with Crippen LogP contribution in [0.1, 0.15) is 11.1 Å². The number of primary amides is 1. The Kier molecular flexibility index (Phi) is 7.67. The average Bonchev–Trinajstić information content (AvgIpc) is 3.03. The van der Waals surface area contributed by atoms with E-state index in [4.69, 9.17) is 10.8 Å². The second-order valence-corrected chi connectivity index (χ2v) is 8.40. The number of halogens is 5. The lowest BCUT2D eigenvalue weighted by Gasteiger charge is -2.40. The fourth-order valence-corrected chi connectivity index (χ4v) is 4.03. The minimum atomic E-state index is -4.51. The van der Waals surface area contributed by atoms with E-state index in [1.54, 1.807) is 6.20 Å². The van der Waals surface area contributed by atoms with E-state index in [-0.39, 0.29) is 29.3 Å². The third-order valence-corrected chi connectivity index (χ3v) is 5.90. The maximum atomic E-state index is 13.5. The van der Waals surface area contributed by atoms with Crippen LogP contribution < -0.4 is 16.4 Å². The molecule has 2 aromatic rings. The van der Waals surface area contributed by atoms with Crippen molar-refractivity contribution in [2.45, 2.75) is 23.8 Å². The lowest BCUT2D eigenvalue weighted by atomic mass is 10.2. The van der Waals surface area contributed by atoms with Crippen molar-refractivity contribution in [1.82, 2.24) is 25.1 Å². The molecule has 1 fully saturated rings. The van der Waals surface area contributed by atoms with Gasteiger partial charge in [0.05, 0.1) is 23.5 Å². The number of benzene rings is 1. The van der Waals surface area contributed by atoms with Crippen molar-refractivity contribution < 1.29 is 31.9 Å². The molecule has 2 atom stereocenters. The van der Waals surface area contributed by atoms with Crippen molar-refractivity contribution in [1.29, 1.82) is 0 Å². The maximum Gasteiger partial charge on any atom is 0.407 e. The molecule has 0 bridgehead atoms. The first-order valence-corrected chi connectivity index (χ1v) is 11.1. The molecule has 2 aliphatic heterocycles. The van der Waals surface area contributed by atoms with Crippen LogP contribution in [0.5, 0.6) is 0 Å². The third-order valence-electron chi connectivity index (χ3n) is 4.95. The van der Waals surface area contributed by atoms with Gasteiger partial charge in [-0.05, 0) is 12.3 Å². The largest absolute Gasteiger partial charge is 0.407 e. The van der Waals surface area contributed by atoms with Crippen molar-refractivity contribution in [3.8, 4) is 0 Å². The molecule has 5 N–H and O–H groups in total. The molecule has 2 aliphatic rings. The van der Waals surface area contributed by atoms with Crippen LogP contribution in [0.4, 0.5) is 26.7 Å². The summed E-state index contributed by atoms with van der Waals surface area (Å²) in [6.45, 7) is 1.23. The van der Waals surface area contributed by atoms with E-state index in [1.807, 2.05) is 4.90 Å².